The number of fused-ring (bicyclic) bond motifs is 1. The molecule has 35 heavy (non-hydrogen) atoms. The fourth-order valence-electron chi connectivity index (χ4n) is 4.60. The number of likely N-dealkylation sites (N-methyl/N-ethyl adjacent to an activating group) is 1. The fraction of sp³-hybridized carbons (Fsp3) is 0.333. The van der Waals surface area contributed by atoms with E-state index in [1.54, 1.807) is 24.1 Å². The number of carboxylic acids is 1. The molecule has 0 radical (unpaired) electrons. The van der Waals surface area contributed by atoms with Gasteiger partial charge in [0.15, 0.2) is 0 Å². The van der Waals surface area contributed by atoms with Crippen LogP contribution in [0.1, 0.15) is 28.3 Å². The second kappa shape index (κ2) is 8.97. The van der Waals surface area contributed by atoms with Crippen molar-refractivity contribution in [1.29, 1.82) is 0 Å². The van der Waals surface area contributed by atoms with Crippen LogP contribution < -0.4 is 9.62 Å². The number of anilines is 1. The summed E-state index contributed by atoms with van der Waals surface area (Å²) in [4.78, 5) is 26.3. The molecule has 9 nitrogen and oxygen atoms in total. The number of rotatable bonds is 6. The van der Waals surface area contributed by atoms with Crippen molar-refractivity contribution in [3.05, 3.63) is 53.3 Å². The minimum absolute atomic E-state index is 0.219. The minimum Gasteiger partial charge on any atom is -0.480 e. The number of furan rings is 1. The minimum atomic E-state index is -3.66. The predicted octanol–water partition coefficient (Wildman–Crippen LogP) is 2.87. The highest BCUT2D eigenvalue weighted by Crippen LogP contribution is 2.42. The van der Waals surface area contributed by atoms with E-state index < -0.39 is 33.8 Å². The van der Waals surface area contributed by atoms with E-state index in [1.165, 1.54) is 38.4 Å². The van der Waals surface area contributed by atoms with Crippen LogP contribution in [0, 0.1) is 5.82 Å². The Hall–Kier alpha value is -3.44. The van der Waals surface area contributed by atoms with Gasteiger partial charge >= 0.3 is 5.97 Å². The highest BCUT2D eigenvalue weighted by Gasteiger charge is 2.37. The van der Waals surface area contributed by atoms with Gasteiger partial charge in [-0.05, 0) is 49.4 Å². The molecule has 1 fully saturated rings. The van der Waals surface area contributed by atoms with Crippen molar-refractivity contribution in [2.24, 2.45) is 0 Å². The van der Waals surface area contributed by atoms with E-state index in [0.717, 1.165) is 10.6 Å². The van der Waals surface area contributed by atoms with Crippen molar-refractivity contribution in [1.82, 2.24) is 10.2 Å². The molecule has 1 aromatic heterocycles. The number of nitrogens with zero attached hydrogens (tertiary/aromatic N) is 2. The van der Waals surface area contributed by atoms with Crippen molar-refractivity contribution in [3.8, 4) is 11.3 Å². The van der Waals surface area contributed by atoms with E-state index in [9.17, 15) is 27.5 Å². The largest absolute Gasteiger partial charge is 0.480 e. The molecular weight excluding hydrogens is 477 g/mol. The summed E-state index contributed by atoms with van der Waals surface area (Å²) in [6.07, 6.45) is 1.35. The molecule has 1 aliphatic rings. The lowest BCUT2D eigenvalue weighted by Crippen LogP contribution is -2.32. The Kier molecular flexibility index (Phi) is 6.32. The van der Waals surface area contributed by atoms with E-state index in [1.807, 2.05) is 0 Å². The molecule has 2 atom stereocenters. The summed E-state index contributed by atoms with van der Waals surface area (Å²) in [7, 11) is 0.937. The number of sulfonamides is 1. The number of halogens is 1. The second-order valence-corrected chi connectivity index (χ2v) is 10.8. The topological polar surface area (TPSA) is 120 Å². The summed E-state index contributed by atoms with van der Waals surface area (Å²) in [6, 6.07) is 8.04. The summed E-state index contributed by atoms with van der Waals surface area (Å²) < 4.78 is 45.6. The Bertz CT molecular complexity index is 1420. The van der Waals surface area contributed by atoms with Crippen molar-refractivity contribution in [3.63, 3.8) is 0 Å². The number of amides is 1. The van der Waals surface area contributed by atoms with Gasteiger partial charge in [0.2, 0.25) is 10.0 Å². The average Bonchev–Trinajstić information content (AvgIpc) is 3.37. The van der Waals surface area contributed by atoms with E-state index in [-0.39, 0.29) is 29.2 Å². The first-order chi connectivity index (χ1) is 16.4. The van der Waals surface area contributed by atoms with E-state index in [2.05, 4.69) is 5.32 Å². The van der Waals surface area contributed by atoms with Gasteiger partial charge in [-0.1, -0.05) is 0 Å². The van der Waals surface area contributed by atoms with Crippen LogP contribution in [-0.2, 0) is 14.8 Å². The Balaban J connectivity index is 1.99. The molecule has 0 saturated carbocycles. The lowest BCUT2D eigenvalue weighted by Gasteiger charge is -2.23. The zero-order valence-electron chi connectivity index (χ0n) is 19.7. The van der Waals surface area contributed by atoms with E-state index in [4.69, 9.17) is 4.42 Å². The zero-order valence-corrected chi connectivity index (χ0v) is 20.5. The predicted molar refractivity (Wildman–Crippen MR) is 130 cm³/mol. The van der Waals surface area contributed by atoms with Crippen LogP contribution in [0.25, 0.3) is 22.3 Å². The number of hydrogen-bond donors (Lipinski definition) is 2. The molecule has 1 amide bonds. The van der Waals surface area contributed by atoms with Crippen molar-refractivity contribution in [2.75, 3.05) is 38.2 Å². The van der Waals surface area contributed by atoms with Crippen LogP contribution in [-0.4, -0.2) is 70.3 Å². The number of hydrogen-bond acceptors (Lipinski definition) is 6. The third-order valence-corrected chi connectivity index (χ3v) is 7.70. The van der Waals surface area contributed by atoms with Gasteiger partial charge in [0.1, 0.15) is 23.2 Å². The first-order valence-electron chi connectivity index (χ1n) is 10.9. The molecule has 4 rings (SSSR count). The number of benzene rings is 2. The van der Waals surface area contributed by atoms with Gasteiger partial charge in [-0.3, -0.25) is 18.8 Å². The van der Waals surface area contributed by atoms with Crippen molar-refractivity contribution >= 4 is 38.6 Å². The molecule has 2 heterocycles. The molecule has 1 aliphatic heterocycles. The summed E-state index contributed by atoms with van der Waals surface area (Å²) in [5.74, 6) is -1.90. The first kappa shape index (κ1) is 24.7. The van der Waals surface area contributed by atoms with Gasteiger partial charge in [-0.2, -0.15) is 0 Å². The van der Waals surface area contributed by atoms with Crippen LogP contribution >= 0.6 is 0 Å². The van der Waals surface area contributed by atoms with E-state index >= 15 is 0 Å². The number of nitrogens with one attached hydrogen (secondary N) is 1. The molecular formula is C24H26FN3O6S. The number of carboxylic acid groups (broad SMARTS) is 1. The Morgan fingerprint density at radius 2 is 1.89 bits per heavy atom. The summed E-state index contributed by atoms with van der Waals surface area (Å²) >= 11 is 0. The molecule has 3 aromatic rings. The molecule has 0 spiro atoms. The van der Waals surface area contributed by atoms with Gasteiger partial charge in [-0.15, -0.1) is 0 Å². The summed E-state index contributed by atoms with van der Waals surface area (Å²) in [6.45, 7) is 0.394. The molecule has 2 aromatic carbocycles. The Labute approximate surface area is 202 Å². The van der Waals surface area contributed by atoms with Gasteiger partial charge < -0.3 is 14.8 Å². The maximum Gasteiger partial charge on any atom is 0.320 e. The quantitative estimate of drug-likeness (QED) is 0.531. The lowest BCUT2D eigenvalue weighted by atomic mass is 9.92. The number of likely N-dealkylation sites (tertiary alicyclic amines) is 1. The van der Waals surface area contributed by atoms with Gasteiger partial charge in [0.25, 0.3) is 5.91 Å². The van der Waals surface area contributed by atoms with Gasteiger partial charge in [-0.25, -0.2) is 12.8 Å². The van der Waals surface area contributed by atoms with Crippen LogP contribution in [0.5, 0.6) is 0 Å². The molecule has 186 valence electrons. The summed E-state index contributed by atoms with van der Waals surface area (Å²) in [5.41, 5.74) is 1.92. The number of carbonyl (C=O) groups is 2. The maximum atomic E-state index is 13.5. The SMILES string of the molecule is CNC(=O)c1c(-c2ccc(F)cc2)oc2cc(N(C)S(C)(=O)=O)c(C3CC(C(=O)O)N(C)C3)cc12. The molecule has 0 bridgehead atoms. The first-order valence-corrected chi connectivity index (χ1v) is 12.7. The number of aliphatic carboxylic acids is 1. The van der Waals surface area contributed by atoms with Crippen LogP contribution in [0.2, 0.25) is 0 Å². The molecule has 0 aliphatic carbocycles. The van der Waals surface area contributed by atoms with E-state index in [0.29, 0.717) is 28.7 Å². The fourth-order valence-corrected chi connectivity index (χ4v) is 5.11. The van der Waals surface area contributed by atoms with Crippen LogP contribution in [0.3, 0.4) is 0 Å². The molecule has 11 heteroatoms. The van der Waals surface area contributed by atoms with Crippen LogP contribution in [0.4, 0.5) is 10.1 Å². The third kappa shape index (κ3) is 4.48. The summed E-state index contributed by atoms with van der Waals surface area (Å²) in [5, 5.41) is 12.6. The van der Waals surface area contributed by atoms with Crippen molar-refractivity contribution in [2.45, 2.75) is 18.4 Å². The highest BCUT2D eigenvalue weighted by atomic mass is 32.2. The molecule has 2 unspecified atom stereocenters. The lowest BCUT2D eigenvalue weighted by molar-refractivity contribution is -0.141. The van der Waals surface area contributed by atoms with Crippen molar-refractivity contribution < 1.29 is 31.9 Å². The third-order valence-electron chi connectivity index (χ3n) is 6.51. The highest BCUT2D eigenvalue weighted by molar-refractivity contribution is 7.92. The smallest absolute Gasteiger partial charge is 0.320 e. The number of carbonyl (C=O) groups excluding carboxylic acids is 1. The Morgan fingerprint density at radius 3 is 2.43 bits per heavy atom. The molecule has 2 N–H and O–H groups in total. The second-order valence-electron chi connectivity index (χ2n) is 8.76. The van der Waals surface area contributed by atoms with Gasteiger partial charge in [0, 0.05) is 43.6 Å². The zero-order chi connectivity index (χ0) is 25.7. The monoisotopic (exact) mass is 503 g/mol. The maximum absolute atomic E-state index is 13.5. The normalized spacial score (nSPS) is 18.7. The van der Waals surface area contributed by atoms with Gasteiger partial charge in [0.05, 0.1) is 17.5 Å². The molecule has 1 saturated heterocycles. The Morgan fingerprint density at radius 1 is 1.23 bits per heavy atom. The average molecular weight is 504 g/mol. The van der Waals surface area contributed by atoms with Crippen LogP contribution in [0.15, 0.2) is 40.8 Å². The standard InChI is InChI=1S/C24H26FN3O6S/c1-26-23(29)21-17-10-16(14-9-19(24(30)31)27(2)12-14)18(28(3)35(4,32)33)11-20(17)34-22(21)13-5-7-15(25)8-6-13/h5-8,10-11,14,19H,9,12H2,1-4H3,(H,26,29)(H,30,31).